The Morgan fingerprint density at radius 1 is 1.14 bits per heavy atom. The molecule has 0 aliphatic carbocycles. The van der Waals surface area contributed by atoms with Crippen molar-refractivity contribution in [3.8, 4) is 11.4 Å². The molecular weight excluding hydrogens is 193 g/mol. The van der Waals surface area contributed by atoms with E-state index in [1.807, 2.05) is 42.6 Å². The SMILES string of the molecule is COc1ccccc1-n1cccc1P. The lowest BCUT2D eigenvalue weighted by Gasteiger charge is -2.10. The third-order valence-corrected chi connectivity index (χ3v) is 2.60. The maximum Gasteiger partial charge on any atom is 0.142 e. The van der Waals surface area contributed by atoms with Crippen LogP contribution >= 0.6 is 9.24 Å². The van der Waals surface area contributed by atoms with E-state index < -0.39 is 0 Å². The molecule has 0 bridgehead atoms. The van der Waals surface area contributed by atoms with Gasteiger partial charge in [0.15, 0.2) is 0 Å². The topological polar surface area (TPSA) is 14.2 Å². The first-order chi connectivity index (χ1) is 6.83. The Bertz CT molecular complexity index is 436. The minimum absolute atomic E-state index is 0.882. The van der Waals surface area contributed by atoms with Crippen LogP contribution in [0.5, 0.6) is 5.75 Å². The molecule has 1 heterocycles. The first-order valence-corrected chi connectivity index (χ1v) is 4.97. The fraction of sp³-hybridized carbons (Fsp3) is 0.0909. The van der Waals surface area contributed by atoms with Crippen molar-refractivity contribution in [2.45, 2.75) is 0 Å². The Kier molecular flexibility index (Phi) is 2.55. The van der Waals surface area contributed by atoms with Gasteiger partial charge in [-0.25, -0.2) is 0 Å². The van der Waals surface area contributed by atoms with E-state index in [4.69, 9.17) is 4.74 Å². The highest BCUT2D eigenvalue weighted by atomic mass is 31.0. The average Bonchev–Trinajstić information content (AvgIpc) is 2.64. The normalized spacial score (nSPS) is 10.1. The van der Waals surface area contributed by atoms with Crippen LogP contribution in [-0.2, 0) is 0 Å². The molecule has 1 aromatic carbocycles. The Morgan fingerprint density at radius 2 is 1.93 bits per heavy atom. The van der Waals surface area contributed by atoms with Gasteiger partial charge >= 0.3 is 0 Å². The maximum absolute atomic E-state index is 5.29. The molecule has 1 aromatic heterocycles. The molecule has 0 saturated heterocycles. The van der Waals surface area contributed by atoms with Crippen LogP contribution in [0.3, 0.4) is 0 Å². The third-order valence-electron chi connectivity index (χ3n) is 2.13. The van der Waals surface area contributed by atoms with Crippen LogP contribution in [0, 0.1) is 0 Å². The predicted octanol–water partition coefficient (Wildman–Crippen LogP) is 1.99. The summed E-state index contributed by atoms with van der Waals surface area (Å²) in [5, 5.41) is 0. The molecule has 72 valence electrons. The smallest absolute Gasteiger partial charge is 0.142 e. The van der Waals surface area contributed by atoms with Crippen molar-refractivity contribution in [3.05, 3.63) is 42.6 Å². The summed E-state index contributed by atoms with van der Waals surface area (Å²) in [6.45, 7) is 0. The molecule has 3 heteroatoms. The molecule has 2 rings (SSSR count). The zero-order chi connectivity index (χ0) is 9.97. The molecule has 0 fully saturated rings. The number of para-hydroxylation sites is 2. The third kappa shape index (κ3) is 1.53. The second kappa shape index (κ2) is 3.85. The van der Waals surface area contributed by atoms with Gasteiger partial charge in [-0.3, -0.25) is 0 Å². The number of benzene rings is 1. The van der Waals surface area contributed by atoms with Crippen LogP contribution in [0.1, 0.15) is 0 Å². The minimum atomic E-state index is 0.882. The quantitative estimate of drug-likeness (QED) is 0.684. The molecule has 1 unspecified atom stereocenters. The highest BCUT2D eigenvalue weighted by molar-refractivity contribution is 7.27. The number of hydrogen-bond donors (Lipinski definition) is 0. The fourth-order valence-electron chi connectivity index (χ4n) is 1.44. The number of rotatable bonds is 2. The van der Waals surface area contributed by atoms with Gasteiger partial charge in [0.1, 0.15) is 5.75 Å². The molecule has 0 aliphatic heterocycles. The summed E-state index contributed by atoms with van der Waals surface area (Å²) < 4.78 is 7.37. The Labute approximate surface area is 85.7 Å². The summed E-state index contributed by atoms with van der Waals surface area (Å²) in [6, 6.07) is 12.0. The minimum Gasteiger partial charge on any atom is -0.495 e. The molecule has 0 N–H and O–H groups in total. The molecule has 14 heavy (non-hydrogen) atoms. The van der Waals surface area contributed by atoms with Crippen molar-refractivity contribution in [2.75, 3.05) is 7.11 Å². The van der Waals surface area contributed by atoms with E-state index in [9.17, 15) is 0 Å². The van der Waals surface area contributed by atoms with Crippen LogP contribution in [-0.4, -0.2) is 11.7 Å². The van der Waals surface area contributed by atoms with Crippen molar-refractivity contribution in [3.63, 3.8) is 0 Å². The fourth-order valence-corrected chi connectivity index (χ4v) is 1.78. The summed E-state index contributed by atoms with van der Waals surface area (Å²) in [5.41, 5.74) is 2.18. The molecule has 2 aromatic rings. The lowest BCUT2D eigenvalue weighted by atomic mass is 10.3. The summed E-state index contributed by atoms with van der Waals surface area (Å²) in [5.74, 6) is 0.882. The van der Waals surface area contributed by atoms with Crippen molar-refractivity contribution in [2.24, 2.45) is 0 Å². The molecular formula is C11H12NOP. The molecule has 2 nitrogen and oxygen atoms in total. The van der Waals surface area contributed by atoms with Gasteiger partial charge in [-0.05, 0) is 24.3 Å². The van der Waals surface area contributed by atoms with Crippen LogP contribution in [0.2, 0.25) is 0 Å². The summed E-state index contributed by atoms with van der Waals surface area (Å²) in [7, 11) is 4.38. The second-order valence-electron chi connectivity index (χ2n) is 2.97. The van der Waals surface area contributed by atoms with Crippen molar-refractivity contribution >= 4 is 14.7 Å². The van der Waals surface area contributed by atoms with Gasteiger partial charge in [0.05, 0.1) is 12.8 Å². The molecule has 1 atom stereocenters. The van der Waals surface area contributed by atoms with E-state index in [1.54, 1.807) is 7.11 Å². The number of aromatic nitrogens is 1. The van der Waals surface area contributed by atoms with E-state index in [-0.39, 0.29) is 0 Å². The van der Waals surface area contributed by atoms with E-state index in [2.05, 4.69) is 13.8 Å². The largest absolute Gasteiger partial charge is 0.495 e. The predicted molar refractivity (Wildman–Crippen MR) is 61.7 cm³/mol. The highest BCUT2D eigenvalue weighted by Crippen LogP contribution is 2.21. The number of ether oxygens (including phenoxy) is 1. The van der Waals surface area contributed by atoms with E-state index in [0.29, 0.717) is 0 Å². The average molecular weight is 205 g/mol. The van der Waals surface area contributed by atoms with Gasteiger partial charge in [0.25, 0.3) is 0 Å². The van der Waals surface area contributed by atoms with Gasteiger partial charge in [0.2, 0.25) is 0 Å². The molecule has 0 saturated carbocycles. The van der Waals surface area contributed by atoms with Gasteiger partial charge in [-0.2, -0.15) is 0 Å². The summed E-state index contributed by atoms with van der Waals surface area (Å²) in [4.78, 5) is 0. The zero-order valence-corrected chi connectivity index (χ0v) is 9.13. The van der Waals surface area contributed by atoms with Crippen molar-refractivity contribution in [1.82, 2.24) is 4.57 Å². The summed E-state index contributed by atoms with van der Waals surface area (Å²) >= 11 is 0. The first-order valence-electron chi connectivity index (χ1n) is 4.39. The highest BCUT2D eigenvalue weighted by Gasteiger charge is 2.04. The number of methoxy groups -OCH3 is 1. The van der Waals surface area contributed by atoms with Crippen LogP contribution in [0.25, 0.3) is 5.69 Å². The molecule has 0 amide bonds. The van der Waals surface area contributed by atoms with E-state index >= 15 is 0 Å². The lowest BCUT2D eigenvalue weighted by molar-refractivity contribution is 0.413. The Morgan fingerprint density at radius 3 is 2.57 bits per heavy atom. The zero-order valence-electron chi connectivity index (χ0n) is 7.97. The Balaban J connectivity index is 2.56. The number of nitrogens with zero attached hydrogens (tertiary/aromatic N) is 1. The van der Waals surface area contributed by atoms with Gasteiger partial charge in [-0.1, -0.05) is 21.4 Å². The van der Waals surface area contributed by atoms with Crippen LogP contribution in [0.4, 0.5) is 0 Å². The van der Waals surface area contributed by atoms with Gasteiger partial charge < -0.3 is 9.30 Å². The van der Waals surface area contributed by atoms with E-state index in [1.165, 1.54) is 0 Å². The van der Waals surface area contributed by atoms with Crippen LogP contribution in [0.15, 0.2) is 42.6 Å². The standard InChI is InChI=1S/C11H12NOP/c1-13-10-6-3-2-5-9(10)12-8-4-7-11(12)14/h2-8H,14H2,1H3. The monoisotopic (exact) mass is 205 g/mol. The maximum atomic E-state index is 5.29. The van der Waals surface area contributed by atoms with Crippen molar-refractivity contribution < 1.29 is 4.74 Å². The first kappa shape index (κ1) is 9.29. The molecule has 0 spiro atoms. The molecule has 0 radical (unpaired) electrons. The Hall–Kier alpha value is -1.27. The van der Waals surface area contributed by atoms with Crippen LogP contribution < -0.4 is 10.2 Å². The van der Waals surface area contributed by atoms with Gasteiger partial charge in [0, 0.05) is 11.6 Å². The van der Waals surface area contributed by atoms with E-state index in [0.717, 1.165) is 16.9 Å². The molecule has 0 aliphatic rings. The second-order valence-corrected chi connectivity index (χ2v) is 3.57. The number of hydrogen-bond acceptors (Lipinski definition) is 1. The van der Waals surface area contributed by atoms with Gasteiger partial charge in [-0.15, -0.1) is 0 Å². The lowest BCUT2D eigenvalue weighted by Crippen LogP contribution is -2.07. The van der Waals surface area contributed by atoms with Crippen molar-refractivity contribution in [1.29, 1.82) is 0 Å². The summed E-state index contributed by atoms with van der Waals surface area (Å²) in [6.07, 6.45) is 2.01.